The average Bonchev–Trinajstić information content (AvgIpc) is 3.31. The van der Waals surface area contributed by atoms with Gasteiger partial charge in [0.1, 0.15) is 30.5 Å². The van der Waals surface area contributed by atoms with Crippen LogP contribution < -0.4 is 10.6 Å². The topological polar surface area (TPSA) is 145 Å². The summed E-state index contributed by atoms with van der Waals surface area (Å²) in [4.78, 5) is 57.3. The minimum absolute atomic E-state index is 0.00234. The third kappa shape index (κ3) is 11.3. The number of carbonyl (C=O) groups excluding carboxylic acids is 4. The van der Waals surface area contributed by atoms with Gasteiger partial charge in [0, 0.05) is 6.42 Å². The average molecular weight is 597 g/mol. The van der Waals surface area contributed by atoms with Gasteiger partial charge in [-0.15, -0.1) is 0 Å². The second-order valence-electron chi connectivity index (χ2n) is 11.9. The number of guanidine groups is 1. The van der Waals surface area contributed by atoms with E-state index in [9.17, 15) is 19.2 Å². The standard InChI is InChI=1S/C31H40N4O8/c1-30(2,3)42-25(36)24(33-28(38)43-31(4,5)6)17-23-18-32-26(34-27(37)40-19-21-13-9-7-10-14-21)35(23)29(39)41-20-22-15-11-8-12-16-22/h7-16,23-24H,17-20H2,1-6H3,(H,33,38)(H,32,34,37)/t23?,24-/m0/s1. The van der Waals surface area contributed by atoms with Crippen LogP contribution in [0.2, 0.25) is 0 Å². The molecule has 43 heavy (non-hydrogen) atoms. The molecular weight excluding hydrogens is 556 g/mol. The lowest BCUT2D eigenvalue weighted by Gasteiger charge is -2.30. The molecule has 0 saturated heterocycles. The molecular formula is C31H40N4O8. The van der Waals surface area contributed by atoms with E-state index in [1.165, 1.54) is 0 Å². The maximum absolute atomic E-state index is 13.4. The first-order valence-electron chi connectivity index (χ1n) is 13.9. The summed E-state index contributed by atoms with van der Waals surface area (Å²) >= 11 is 0. The van der Waals surface area contributed by atoms with Crippen LogP contribution in [0, 0.1) is 0 Å². The molecule has 3 amide bonds. The Kier molecular flexibility index (Phi) is 11.1. The van der Waals surface area contributed by atoms with Crippen molar-refractivity contribution in [3.8, 4) is 0 Å². The summed E-state index contributed by atoms with van der Waals surface area (Å²) < 4.78 is 21.7. The zero-order valence-corrected chi connectivity index (χ0v) is 25.4. The van der Waals surface area contributed by atoms with Crippen molar-refractivity contribution in [3.05, 3.63) is 71.8 Å². The number of esters is 1. The fraction of sp³-hybridized carbons (Fsp3) is 0.452. The number of aliphatic imine (C=N–C) groups is 1. The third-order valence-electron chi connectivity index (χ3n) is 5.76. The molecule has 1 aliphatic rings. The maximum atomic E-state index is 13.4. The van der Waals surface area contributed by atoms with Crippen molar-refractivity contribution in [2.75, 3.05) is 6.54 Å². The summed E-state index contributed by atoms with van der Waals surface area (Å²) in [6, 6.07) is 16.2. The van der Waals surface area contributed by atoms with Gasteiger partial charge >= 0.3 is 24.2 Å². The minimum atomic E-state index is -1.21. The van der Waals surface area contributed by atoms with E-state index in [4.69, 9.17) is 18.9 Å². The predicted molar refractivity (Wildman–Crippen MR) is 158 cm³/mol. The lowest BCUT2D eigenvalue weighted by molar-refractivity contribution is -0.158. The highest BCUT2D eigenvalue weighted by Crippen LogP contribution is 2.20. The zero-order chi connectivity index (χ0) is 31.6. The Labute approximate surface area is 251 Å². The molecule has 0 radical (unpaired) electrons. The van der Waals surface area contributed by atoms with Gasteiger partial charge in [0.05, 0.1) is 12.6 Å². The number of hydrogen-bond donors (Lipinski definition) is 2. The second kappa shape index (κ2) is 14.5. The van der Waals surface area contributed by atoms with Gasteiger partial charge in [-0.25, -0.2) is 24.1 Å². The number of rotatable bonds is 8. The minimum Gasteiger partial charge on any atom is -0.458 e. The molecule has 12 heteroatoms. The summed E-state index contributed by atoms with van der Waals surface area (Å²) in [5.74, 6) is -0.832. The highest BCUT2D eigenvalue weighted by atomic mass is 16.6. The molecule has 232 valence electrons. The summed E-state index contributed by atoms with van der Waals surface area (Å²) in [5, 5.41) is 5.06. The first-order chi connectivity index (χ1) is 20.2. The highest BCUT2D eigenvalue weighted by molar-refractivity contribution is 6.02. The van der Waals surface area contributed by atoms with Crippen LogP contribution in [0.5, 0.6) is 0 Å². The van der Waals surface area contributed by atoms with Gasteiger partial charge in [-0.05, 0) is 52.7 Å². The van der Waals surface area contributed by atoms with E-state index in [1.54, 1.807) is 65.8 Å². The third-order valence-corrected chi connectivity index (χ3v) is 5.76. The molecule has 2 aromatic rings. The number of nitrogens with one attached hydrogen (secondary N) is 2. The van der Waals surface area contributed by atoms with Gasteiger partial charge in [0.2, 0.25) is 5.96 Å². The molecule has 12 nitrogen and oxygen atoms in total. The molecule has 2 aromatic carbocycles. The van der Waals surface area contributed by atoms with Crippen LogP contribution in [0.3, 0.4) is 0 Å². The van der Waals surface area contributed by atoms with Crippen LogP contribution in [0.4, 0.5) is 14.4 Å². The van der Waals surface area contributed by atoms with Crippen molar-refractivity contribution in [2.24, 2.45) is 4.99 Å². The number of benzene rings is 2. The normalized spacial score (nSPS) is 15.5. The van der Waals surface area contributed by atoms with E-state index in [2.05, 4.69) is 15.6 Å². The Hall–Kier alpha value is -4.61. The van der Waals surface area contributed by atoms with Crippen molar-refractivity contribution < 1.29 is 38.1 Å². The summed E-state index contributed by atoms with van der Waals surface area (Å²) in [6.07, 6.45) is -2.58. The summed E-state index contributed by atoms with van der Waals surface area (Å²) in [5.41, 5.74) is -0.139. The molecule has 1 aliphatic heterocycles. The molecule has 0 aliphatic carbocycles. The maximum Gasteiger partial charge on any atom is 0.417 e. The monoisotopic (exact) mass is 596 g/mol. The van der Waals surface area contributed by atoms with E-state index in [0.29, 0.717) is 0 Å². The number of alkyl carbamates (subject to hydrolysis) is 2. The molecule has 1 unspecified atom stereocenters. The molecule has 2 atom stereocenters. The van der Waals surface area contributed by atoms with Crippen LogP contribution in [0.1, 0.15) is 59.1 Å². The quantitative estimate of drug-likeness (QED) is 0.323. The molecule has 0 aromatic heterocycles. The van der Waals surface area contributed by atoms with Crippen LogP contribution in [-0.4, -0.2) is 64.9 Å². The van der Waals surface area contributed by atoms with Gasteiger partial charge in [-0.1, -0.05) is 60.7 Å². The number of ether oxygens (including phenoxy) is 4. The molecule has 2 N–H and O–H groups in total. The Morgan fingerprint density at radius 1 is 0.814 bits per heavy atom. The fourth-order valence-corrected chi connectivity index (χ4v) is 3.99. The van der Waals surface area contributed by atoms with E-state index in [1.807, 2.05) is 36.4 Å². The number of carbonyl (C=O) groups is 4. The van der Waals surface area contributed by atoms with Gasteiger partial charge < -0.3 is 24.3 Å². The van der Waals surface area contributed by atoms with Crippen molar-refractivity contribution in [3.63, 3.8) is 0 Å². The van der Waals surface area contributed by atoms with E-state index in [-0.39, 0.29) is 32.1 Å². The largest absolute Gasteiger partial charge is 0.458 e. The number of hydrogen-bond acceptors (Lipinski definition) is 9. The van der Waals surface area contributed by atoms with Gasteiger partial charge in [0.25, 0.3) is 0 Å². The molecule has 0 saturated carbocycles. The molecule has 0 spiro atoms. The van der Waals surface area contributed by atoms with Crippen LogP contribution in [0.25, 0.3) is 0 Å². The van der Waals surface area contributed by atoms with E-state index in [0.717, 1.165) is 16.0 Å². The molecule has 1 heterocycles. The Bertz CT molecular complexity index is 1290. The van der Waals surface area contributed by atoms with E-state index < -0.39 is 47.5 Å². The molecule has 0 bridgehead atoms. The molecule has 0 fully saturated rings. The summed E-state index contributed by atoms with van der Waals surface area (Å²) in [6.45, 7) is 10.1. The molecule has 3 rings (SSSR count). The van der Waals surface area contributed by atoms with Gasteiger partial charge in [-0.2, -0.15) is 0 Å². The second-order valence-corrected chi connectivity index (χ2v) is 11.9. The Morgan fingerprint density at radius 3 is 1.88 bits per heavy atom. The number of nitrogens with zero attached hydrogens (tertiary/aromatic N) is 2. The van der Waals surface area contributed by atoms with Crippen molar-refractivity contribution >= 4 is 30.2 Å². The fourth-order valence-electron chi connectivity index (χ4n) is 3.99. The SMILES string of the molecule is CC(C)(C)OC(=O)N[C@@H](CC1CN=C(NC(=O)OCc2ccccc2)N1C(=O)OCc1ccccc1)C(=O)OC(C)(C)C. The summed E-state index contributed by atoms with van der Waals surface area (Å²) in [7, 11) is 0. The highest BCUT2D eigenvalue weighted by Gasteiger charge is 2.40. The predicted octanol–water partition coefficient (Wildman–Crippen LogP) is 4.91. The van der Waals surface area contributed by atoms with Crippen molar-refractivity contribution in [1.82, 2.24) is 15.5 Å². The smallest absolute Gasteiger partial charge is 0.417 e. The number of amides is 3. The van der Waals surface area contributed by atoms with Crippen LogP contribution >= 0.6 is 0 Å². The Balaban J connectivity index is 1.78. The van der Waals surface area contributed by atoms with Gasteiger partial charge in [-0.3, -0.25) is 10.3 Å². The zero-order valence-electron chi connectivity index (χ0n) is 25.4. The first-order valence-corrected chi connectivity index (χ1v) is 13.9. The van der Waals surface area contributed by atoms with Crippen LogP contribution in [0.15, 0.2) is 65.7 Å². The van der Waals surface area contributed by atoms with Gasteiger partial charge in [0.15, 0.2) is 0 Å². The van der Waals surface area contributed by atoms with Crippen molar-refractivity contribution in [1.29, 1.82) is 0 Å². The lowest BCUT2D eigenvalue weighted by Crippen LogP contribution is -2.53. The van der Waals surface area contributed by atoms with E-state index >= 15 is 0 Å². The lowest BCUT2D eigenvalue weighted by atomic mass is 10.1. The Morgan fingerprint density at radius 2 is 1.35 bits per heavy atom. The first kappa shape index (κ1) is 32.9. The van der Waals surface area contributed by atoms with Crippen LogP contribution in [-0.2, 0) is 37.0 Å². The van der Waals surface area contributed by atoms with Crippen molar-refractivity contribution in [2.45, 2.75) is 84.5 Å².